The minimum absolute atomic E-state index is 0.0629. The van der Waals surface area contributed by atoms with Crippen molar-refractivity contribution >= 4 is 5.96 Å². The van der Waals surface area contributed by atoms with Gasteiger partial charge in [0.25, 0.3) is 0 Å². The Balaban J connectivity index is 1.53. The van der Waals surface area contributed by atoms with E-state index in [-0.39, 0.29) is 6.10 Å². The quantitative estimate of drug-likeness (QED) is 0.925. The molecule has 0 saturated carbocycles. The molecule has 0 amide bonds. The number of fused-ring (bicyclic) bond motifs is 1. The summed E-state index contributed by atoms with van der Waals surface area (Å²) in [6.07, 6.45) is 0.0629. The van der Waals surface area contributed by atoms with Crippen LogP contribution in [0.3, 0.4) is 0 Å². The van der Waals surface area contributed by atoms with Crippen LogP contribution in [0.15, 0.2) is 59.6 Å². The minimum Gasteiger partial charge on any atom is -0.370 e. The molecule has 2 aromatic carbocycles. The maximum atomic E-state index is 6.00. The lowest BCUT2D eigenvalue weighted by molar-refractivity contribution is -0.0317. The van der Waals surface area contributed by atoms with E-state index in [1.807, 2.05) is 6.07 Å². The third-order valence-electron chi connectivity index (χ3n) is 4.44. The molecule has 4 rings (SSSR count). The first kappa shape index (κ1) is 13.3. The molecule has 22 heavy (non-hydrogen) atoms. The third-order valence-corrected chi connectivity index (χ3v) is 4.44. The Labute approximate surface area is 130 Å². The lowest BCUT2D eigenvalue weighted by Crippen LogP contribution is -2.49. The number of hydrogen-bond donors (Lipinski definition) is 1. The van der Waals surface area contributed by atoms with Gasteiger partial charge in [-0.3, -0.25) is 4.99 Å². The fourth-order valence-corrected chi connectivity index (χ4v) is 3.14. The maximum absolute atomic E-state index is 6.00. The summed E-state index contributed by atoms with van der Waals surface area (Å²) in [5, 5.41) is 0. The maximum Gasteiger partial charge on any atom is 0.191 e. The number of rotatable bonds is 2. The van der Waals surface area contributed by atoms with Gasteiger partial charge in [-0.1, -0.05) is 54.6 Å². The third kappa shape index (κ3) is 2.35. The summed E-state index contributed by atoms with van der Waals surface area (Å²) in [4.78, 5) is 6.47. The SMILES string of the molecule is NC1=NCC2CO[C@@H](c3ccc(-c4ccccc4)cc3)CN12. The van der Waals surface area contributed by atoms with E-state index in [1.165, 1.54) is 16.7 Å². The van der Waals surface area contributed by atoms with E-state index < -0.39 is 0 Å². The van der Waals surface area contributed by atoms with Crippen molar-refractivity contribution in [2.24, 2.45) is 10.7 Å². The monoisotopic (exact) mass is 293 g/mol. The summed E-state index contributed by atoms with van der Waals surface area (Å²) in [7, 11) is 0. The normalized spacial score (nSPS) is 24.0. The molecule has 0 aromatic heterocycles. The molecule has 1 unspecified atom stereocenters. The highest BCUT2D eigenvalue weighted by molar-refractivity contribution is 5.80. The molecule has 4 heteroatoms. The zero-order chi connectivity index (χ0) is 14.9. The number of aliphatic imine (C=N–C) groups is 1. The van der Waals surface area contributed by atoms with E-state index in [0.717, 1.165) is 13.1 Å². The van der Waals surface area contributed by atoms with Crippen LogP contribution < -0.4 is 5.73 Å². The number of guanidine groups is 1. The molecule has 2 N–H and O–H groups in total. The highest BCUT2D eigenvalue weighted by Crippen LogP contribution is 2.28. The first-order valence-corrected chi connectivity index (χ1v) is 7.65. The van der Waals surface area contributed by atoms with Gasteiger partial charge in [-0.05, 0) is 16.7 Å². The molecule has 2 atom stereocenters. The van der Waals surface area contributed by atoms with Crippen LogP contribution in [0.5, 0.6) is 0 Å². The summed E-state index contributed by atoms with van der Waals surface area (Å²) in [5.41, 5.74) is 9.60. The molecule has 1 saturated heterocycles. The van der Waals surface area contributed by atoms with E-state index in [0.29, 0.717) is 18.6 Å². The van der Waals surface area contributed by atoms with Crippen LogP contribution in [-0.4, -0.2) is 36.6 Å². The van der Waals surface area contributed by atoms with Gasteiger partial charge in [0.1, 0.15) is 6.10 Å². The Morgan fingerprint density at radius 3 is 2.50 bits per heavy atom. The highest BCUT2D eigenvalue weighted by Gasteiger charge is 2.34. The molecular formula is C18H19N3O. The fourth-order valence-electron chi connectivity index (χ4n) is 3.14. The van der Waals surface area contributed by atoms with Gasteiger partial charge in [0.2, 0.25) is 0 Å². The van der Waals surface area contributed by atoms with Gasteiger partial charge in [0.05, 0.1) is 25.7 Å². The summed E-state index contributed by atoms with van der Waals surface area (Å²) in [6.45, 7) is 2.23. The fraction of sp³-hybridized carbons (Fsp3) is 0.278. The second-order valence-corrected chi connectivity index (χ2v) is 5.82. The Morgan fingerprint density at radius 2 is 1.73 bits per heavy atom. The van der Waals surface area contributed by atoms with Crippen molar-refractivity contribution in [1.82, 2.24) is 4.90 Å². The lowest BCUT2D eigenvalue weighted by atomic mass is 10.0. The summed E-state index contributed by atoms with van der Waals surface area (Å²) >= 11 is 0. The molecule has 112 valence electrons. The van der Waals surface area contributed by atoms with Crippen molar-refractivity contribution in [1.29, 1.82) is 0 Å². The molecule has 2 aliphatic rings. The molecule has 0 bridgehead atoms. The van der Waals surface area contributed by atoms with Crippen LogP contribution in [0.25, 0.3) is 11.1 Å². The van der Waals surface area contributed by atoms with Crippen molar-refractivity contribution in [3.63, 3.8) is 0 Å². The van der Waals surface area contributed by atoms with Crippen molar-refractivity contribution in [2.45, 2.75) is 12.1 Å². The zero-order valence-electron chi connectivity index (χ0n) is 12.4. The van der Waals surface area contributed by atoms with Crippen LogP contribution in [0.1, 0.15) is 11.7 Å². The van der Waals surface area contributed by atoms with E-state index in [1.54, 1.807) is 0 Å². The number of nitrogens with two attached hydrogens (primary N) is 1. The van der Waals surface area contributed by atoms with Gasteiger partial charge in [-0.15, -0.1) is 0 Å². The van der Waals surface area contributed by atoms with Crippen molar-refractivity contribution in [3.8, 4) is 11.1 Å². The summed E-state index contributed by atoms with van der Waals surface area (Å²) in [6, 6.07) is 19.3. The first-order valence-electron chi connectivity index (χ1n) is 7.65. The van der Waals surface area contributed by atoms with Crippen LogP contribution >= 0.6 is 0 Å². The van der Waals surface area contributed by atoms with Crippen LogP contribution in [0, 0.1) is 0 Å². The zero-order valence-corrected chi connectivity index (χ0v) is 12.4. The van der Waals surface area contributed by atoms with Gasteiger partial charge >= 0.3 is 0 Å². The van der Waals surface area contributed by atoms with Gasteiger partial charge < -0.3 is 15.4 Å². The van der Waals surface area contributed by atoms with Gasteiger partial charge in [0.15, 0.2) is 5.96 Å². The highest BCUT2D eigenvalue weighted by atomic mass is 16.5. The van der Waals surface area contributed by atoms with Crippen LogP contribution in [-0.2, 0) is 4.74 Å². The summed E-state index contributed by atoms with van der Waals surface area (Å²) < 4.78 is 6.00. The molecule has 2 aromatic rings. The largest absolute Gasteiger partial charge is 0.370 e. The number of nitrogens with zero attached hydrogens (tertiary/aromatic N) is 2. The Hall–Kier alpha value is -2.33. The molecule has 2 heterocycles. The second-order valence-electron chi connectivity index (χ2n) is 5.82. The predicted molar refractivity (Wildman–Crippen MR) is 87.6 cm³/mol. The molecule has 0 spiro atoms. The van der Waals surface area contributed by atoms with Gasteiger partial charge in [-0.25, -0.2) is 0 Å². The molecule has 0 aliphatic carbocycles. The molecule has 0 radical (unpaired) electrons. The topological polar surface area (TPSA) is 50.9 Å². The van der Waals surface area contributed by atoms with Crippen molar-refractivity contribution < 1.29 is 4.74 Å². The van der Waals surface area contributed by atoms with E-state index >= 15 is 0 Å². The standard InChI is InChI=1S/C18H19N3O/c19-18-20-10-16-12-22-17(11-21(16)18)15-8-6-14(7-9-15)13-4-2-1-3-5-13/h1-9,16-17H,10-12H2,(H2,19,20)/t16?,17-/m1/s1. The smallest absolute Gasteiger partial charge is 0.191 e. The average molecular weight is 293 g/mol. The number of morpholine rings is 1. The van der Waals surface area contributed by atoms with E-state index in [2.05, 4.69) is 58.4 Å². The van der Waals surface area contributed by atoms with Crippen molar-refractivity contribution in [2.75, 3.05) is 19.7 Å². The van der Waals surface area contributed by atoms with Gasteiger partial charge in [-0.2, -0.15) is 0 Å². The average Bonchev–Trinajstić information content (AvgIpc) is 2.96. The van der Waals surface area contributed by atoms with E-state index in [4.69, 9.17) is 10.5 Å². The van der Waals surface area contributed by atoms with E-state index in [9.17, 15) is 0 Å². The Morgan fingerprint density at radius 1 is 1.00 bits per heavy atom. The molecule has 1 fully saturated rings. The van der Waals surface area contributed by atoms with Crippen molar-refractivity contribution in [3.05, 3.63) is 60.2 Å². The van der Waals surface area contributed by atoms with Crippen LogP contribution in [0.4, 0.5) is 0 Å². The Kier molecular flexibility index (Phi) is 3.31. The Bertz CT molecular complexity index is 681. The van der Waals surface area contributed by atoms with Gasteiger partial charge in [0, 0.05) is 0 Å². The summed E-state index contributed by atoms with van der Waals surface area (Å²) in [5.74, 6) is 0.652. The predicted octanol–water partition coefficient (Wildman–Crippen LogP) is 2.42. The first-order chi connectivity index (χ1) is 10.8. The van der Waals surface area contributed by atoms with Crippen LogP contribution in [0.2, 0.25) is 0 Å². The second kappa shape index (κ2) is 5.46. The lowest BCUT2D eigenvalue weighted by Gasteiger charge is -2.36. The number of ether oxygens (including phenoxy) is 1. The minimum atomic E-state index is 0.0629. The molecule has 4 nitrogen and oxygen atoms in total. The number of benzene rings is 2. The molecule has 2 aliphatic heterocycles. The number of hydrogen-bond acceptors (Lipinski definition) is 4. The molecular weight excluding hydrogens is 274 g/mol.